The highest BCUT2D eigenvalue weighted by Crippen LogP contribution is 2.29. The summed E-state index contributed by atoms with van der Waals surface area (Å²) < 4.78 is 5.43. The fourth-order valence-corrected chi connectivity index (χ4v) is 6.67. The number of hydrogen-bond acceptors (Lipinski definition) is 8. The number of nitrogens with zero attached hydrogens (tertiary/aromatic N) is 2. The topological polar surface area (TPSA) is 178 Å². The maximum absolute atomic E-state index is 14.0. The standard InChI is InChI=1S/C36H41N7O6S/c1-22(39-35(48)43-15-12-25(13-16-43)40-33(47)34-37-14-17-50-34)31(45)42-29(19-24-20-38-27-11-7-6-10-26(24)27)32(46)41-28(30(44)36(2)21-49-36)18-23-8-4-3-5-9-23/h3-11,14,17,20,22,25,28-29,38H,12-13,15-16,18-19,21H2,1-2H3,(H,39,48)(H,40,47)(H,41,46)(H,42,45)/t22-,28-,29-,36+/m0/s1. The van der Waals surface area contributed by atoms with Gasteiger partial charge in [0, 0.05) is 54.2 Å². The Labute approximate surface area is 293 Å². The number of para-hydroxylation sites is 1. The van der Waals surface area contributed by atoms with Crippen molar-refractivity contribution in [1.29, 1.82) is 0 Å². The Morgan fingerprint density at radius 1 is 0.960 bits per heavy atom. The Hall–Kier alpha value is -5.08. The SMILES string of the molecule is C[C@H](NC(=O)N1CCC(NC(=O)c2nccs2)CC1)C(=O)N[C@@H](Cc1c[nH]c2ccccc12)C(=O)N[C@@H](Cc1ccccc1)C(=O)[C@@]1(C)CO1. The molecule has 4 aromatic rings. The van der Waals surface area contributed by atoms with Crippen LogP contribution >= 0.6 is 11.3 Å². The summed E-state index contributed by atoms with van der Waals surface area (Å²) in [6.45, 7) is 4.33. The molecular formula is C36H41N7O6S. The van der Waals surface area contributed by atoms with E-state index in [1.807, 2.05) is 54.6 Å². The number of likely N-dealkylation sites (tertiary alicyclic amines) is 1. The Bertz CT molecular complexity index is 1830. The van der Waals surface area contributed by atoms with Gasteiger partial charge in [0.1, 0.15) is 17.7 Å². The van der Waals surface area contributed by atoms with E-state index in [4.69, 9.17) is 4.74 Å². The number of rotatable bonds is 13. The van der Waals surface area contributed by atoms with Gasteiger partial charge in [-0.3, -0.25) is 19.2 Å². The number of thiazole rings is 1. The van der Waals surface area contributed by atoms with Crippen LogP contribution in [-0.4, -0.2) is 93.9 Å². The lowest BCUT2D eigenvalue weighted by atomic mass is 9.94. The smallest absolute Gasteiger partial charge is 0.318 e. The van der Waals surface area contributed by atoms with Crippen LogP contribution in [0.4, 0.5) is 4.79 Å². The molecule has 0 unspecified atom stereocenters. The first-order valence-corrected chi connectivity index (χ1v) is 17.6. The molecule has 13 nitrogen and oxygen atoms in total. The number of Topliss-reactive ketones (excluding diaryl/α,β-unsaturated/α-hetero) is 1. The third kappa shape index (κ3) is 8.37. The van der Waals surface area contributed by atoms with E-state index in [-0.39, 0.29) is 37.2 Å². The molecular weight excluding hydrogens is 659 g/mol. The largest absolute Gasteiger partial charge is 0.361 e. The molecule has 0 spiro atoms. The van der Waals surface area contributed by atoms with Crippen molar-refractivity contribution in [2.75, 3.05) is 19.7 Å². The molecule has 4 atom stereocenters. The maximum atomic E-state index is 14.0. The third-order valence-corrected chi connectivity index (χ3v) is 10.00. The van der Waals surface area contributed by atoms with Crippen LogP contribution in [0.2, 0.25) is 0 Å². The number of benzene rings is 2. The number of H-pyrrole nitrogens is 1. The molecule has 5 N–H and O–H groups in total. The third-order valence-electron chi connectivity index (χ3n) is 9.22. The zero-order valence-corrected chi connectivity index (χ0v) is 28.8. The van der Waals surface area contributed by atoms with Crippen LogP contribution in [0.25, 0.3) is 10.9 Å². The first-order chi connectivity index (χ1) is 24.1. The first-order valence-electron chi connectivity index (χ1n) is 16.7. The van der Waals surface area contributed by atoms with Gasteiger partial charge in [-0.2, -0.15) is 0 Å². The Morgan fingerprint density at radius 3 is 2.36 bits per heavy atom. The van der Waals surface area contributed by atoms with Gasteiger partial charge in [0.2, 0.25) is 11.8 Å². The van der Waals surface area contributed by atoms with Crippen LogP contribution in [0, 0.1) is 0 Å². The molecule has 2 saturated heterocycles. The molecule has 0 radical (unpaired) electrons. The summed E-state index contributed by atoms with van der Waals surface area (Å²) in [5.41, 5.74) is 1.60. The van der Waals surface area contributed by atoms with Crippen molar-refractivity contribution in [3.8, 4) is 0 Å². The van der Waals surface area contributed by atoms with E-state index in [1.165, 1.54) is 11.3 Å². The van der Waals surface area contributed by atoms with Gasteiger partial charge in [0.25, 0.3) is 5.91 Å². The molecule has 50 heavy (non-hydrogen) atoms. The molecule has 2 aliphatic heterocycles. The number of aromatic amines is 1. The minimum atomic E-state index is -1.06. The Kier molecular flexibility index (Phi) is 10.6. The van der Waals surface area contributed by atoms with Crippen LogP contribution < -0.4 is 21.3 Å². The van der Waals surface area contributed by atoms with Gasteiger partial charge >= 0.3 is 6.03 Å². The number of ketones is 1. The second kappa shape index (κ2) is 15.2. The van der Waals surface area contributed by atoms with Crippen LogP contribution in [0.15, 0.2) is 72.4 Å². The minimum absolute atomic E-state index is 0.0911. The highest BCUT2D eigenvalue weighted by Gasteiger charge is 2.50. The summed E-state index contributed by atoms with van der Waals surface area (Å²) in [4.78, 5) is 75.5. The normalized spacial score (nSPS) is 19.2. The summed E-state index contributed by atoms with van der Waals surface area (Å²) >= 11 is 1.27. The lowest BCUT2D eigenvalue weighted by Crippen LogP contribution is -2.58. The quantitative estimate of drug-likeness (QED) is 0.133. The average molecular weight is 700 g/mol. The van der Waals surface area contributed by atoms with E-state index in [9.17, 15) is 24.0 Å². The lowest BCUT2D eigenvalue weighted by molar-refractivity contribution is -0.133. The summed E-state index contributed by atoms with van der Waals surface area (Å²) in [6.07, 6.45) is 4.90. The van der Waals surface area contributed by atoms with Gasteiger partial charge in [-0.15, -0.1) is 11.3 Å². The molecule has 5 amide bonds. The van der Waals surface area contributed by atoms with E-state index in [2.05, 4.69) is 31.2 Å². The molecule has 2 aromatic heterocycles. The monoisotopic (exact) mass is 699 g/mol. The molecule has 0 bridgehead atoms. The lowest BCUT2D eigenvalue weighted by Gasteiger charge is -2.33. The molecule has 14 heteroatoms. The summed E-state index contributed by atoms with van der Waals surface area (Å²) in [5.74, 6) is -1.54. The Balaban J connectivity index is 1.11. The fraction of sp³-hybridized carbons (Fsp3) is 0.389. The van der Waals surface area contributed by atoms with Gasteiger partial charge in [-0.25, -0.2) is 9.78 Å². The number of ether oxygens (including phenoxy) is 1. The highest BCUT2D eigenvalue weighted by molar-refractivity contribution is 7.11. The van der Waals surface area contributed by atoms with Crippen LogP contribution in [0.5, 0.6) is 0 Å². The number of urea groups is 1. The summed E-state index contributed by atoms with van der Waals surface area (Å²) in [5, 5.41) is 14.5. The van der Waals surface area contributed by atoms with Crippen molar-refractivity contribution < 1.29 is 28.7 Å². The summed E-state index contributed by atoms with van der Waals surface area (Å²) in [6, 6.07) is 13.6. The number of hydrogen-bond donors (Lipinski definition) is 5. The second-order valence-corrected chi connectivity index (χ2v) is 13.9. The van der Waals surface area contributed by atoms with Gasteiger partial charge in [-0.1, -0.05) is 48.5 Å². The second-order valence-electron chi connectivity index (χ2n) is 13.0. The van der Waals surface area contributed by atoms with Gasteiger partial charge in [0.15, 0.2) is 10.8 Å². The predicted molar refractivity (Wildman–Crippen MR) is 188 cm³/mol. The molecule has 2 fully saturated rings. The number of carbonyl (C=O) groups excluding carboxylic acids is 5. The van der Waals surface area contributed by atoms with E-state index in [0.717, 1.165) is 22.0 Å². The van der Waals surface area contributed by atoms with E-state index >= 15 is 0 Å². The Morgan fingerprint density at radius 2 is 1.66 bits per heavy atom. The van der Waals surface area contributed by atoms with Crippen molar-refractivity contribution in [1.82, 2.24) is 36.1 Å². The number of amides is 5. The van der Waals surface area contributed by atoms with Crippen molar-refractivity contribution in [2.24, 2.45) is 0 Å². The number of epoxide rings is 1. The minimum Gasteiger partial charge on any atom is -0.361 e. The number of fused-ring (bicyclic) bond motifs is 1. The number of aromatic nitrogens is 2. The van der Waals surface area contributed by atoms with Crippen LogP contribution in [-0.2, 0) is 32.0 Å². The first kappa shape index (κ1) is 34.8. The molecule has 2 aromatic carbocycles. The van der Waals surface area contributed by atoms with Crippen LogP contribution in [0.3, 0.4) is 0 Å². The van der Waals surface area contributed by atoms with Crippen LogP contribution in [0.1, 0.15) is 47.6 Å². The zero-order valence-electron chi connectivity index (χ0n) is 27.9. The average Bonchev–Trinajstić information content (AvgIpc) is 3.46. The van der Waals surface area contributed by atoms with Gasteiger partial charge in [-0.05, 0) is 50.3 Å². The number of carbonyl (C=O) groups is 5. The predicted octanol–water partition coefficient (Wildman–Crippen LogP) is 2.73. The molecule has 2 aliphatic rings. The van der Waals surface area contributed by atoms with Gasteiger partial charge in [0.05, 0.1) is 12.6 Å². The molecule has 262 valence electrons. The zero-order chi connectivity index (χ0) is 35.3. The van der Waals surface area contributed by atoms with Crippen molar-refractivity contribution in [3.05, 3.63) is 88.5 Å². The molecule has 6 rings (SSSR count). The molecule has 0 saturated carbocycles. The number of nitrogens with one attached hydrogen (secondary N) is 5. The fourth-order valence-electron chi connectivity index (χ4n) is 6.13. The van der Waals surface area contributed by atoms with E-state index < -0.39 is 41.6 Å². The highest BCUT2D eigenvalue weighted by atomic mass is 32.1. The van der Waals surface area contributed by atoms with Gasteiger partial charge < -0.3 is 35.9 Å². The van der Waals surface area contributed by atoms with Crippen molar-refractivity contribution in [3.63, 3.8) is 0 Å². The maximum Gasteiger partial charge on any atom is 0.318 e. The van der Waals surface area contributed by atoms with Crippen molar-refractivity contribution >= 4 is 51.8 Å². The summed E-state index contributed by atoms with van der Waals surface area (Å²) in [7, 11) is 0. The molecule has 4 heterocycles. The van der Waals surface area contributed by atoms with E-state index in [0.29, 0.717) is 30.9 Å². The number of piperidine rings is 1. The van der Waals surface area contributed by atoms with E-state index in [1.54, 1.807) is 36.5 Å². The van der Waals surface area contributed by atoms with Crippen molar-refractivity contribution in [2.45, 2.75) is 69.3 Å². The molecule has 0 aliphatic carbocycles.